The van der Waals surface area contributed by atoms with E-state index in [2.05, 4.69) is 31.8 Å². The second-order valence-corrected chi connectivity index (χ2v) is 5.92. The van der Waals surface area contributed by atoms with E-state index in [-0.39, 0.29) is 5.41 Å². The lowest BCUT2D eigenvalue weighted by molar-refractivity contribution is -0.235. The normalized spacial score (nSPS) is 16.9. The molecule has 0 unspecified atom stereocenters. The summed E-state index contributed by atoms with van der Waals surface area (Å²) in [6.45, 7) is 11.4. The van der Waals surface area contributed by atoms with Crippen LogP contribution in [0.15, 0.2) is 23.2 Å². The van der Waals surface area contributed by atoms with E-state index in [1.54, 1.807) is 0 Å². The molecule has 0 radical (unpaired) electrons. The van der Waals surface area contributed by atoms with Gasteiger partial charge in [0.05, 0.1) is 5.56 Å². The zero-order valence-corrected chi connectivity index (χ0v) is 13.0. The van der Waals surface area contributed by atoms with Crippen molar-refractivity contribution in [1.29, 1.82) is 0 Å². The maximum Gasteiger partial charge on any atom is 0.300 e. The fourth-order valence-electron chi connectivity index (χ4n) is 2.65. The number of ether oxygens (including phenoxy) is 2. The van der Waals surface area contributed by atoms with Crippen molar-refractivity contribution >= 4 is 5.84 Å². The van der Waals surface area contributed by atoms with E-state index < -0.39 is 5.91 Å². The molecule has 0 saturated heterocycles. The SMILES string of the molecule is CCOC1(OCC)N=C(N)c2cccc(C(C)(C)C)c21. The molecule has 1 aliphatic heterocycles. The number of nitrogens with two attached hydrogens (primary N) is 1. The summed E-state index contributed by atoms with van der Waals surface area (Å²) in [5.74, 6) is -0.611. The van der Waals surface area contributed by atoms with Gasteiger partial charge in [-0.1, -0.05) is 39.0 Å². The molecule has 0 saturated carbocycles. The van der Waals surface area contributed by atoms with Crippen LogP contribution in [0, 0.1) is 0 Å². The summed E-state index contributed by atoms with van der Waals surface area (Å²) in [6.07, 6.45) is 0. The minimum atomic E-state index is -1.09. The van der Waals surface area contributed by atoms with Gasteiger partial charge in [0.1, 0.15) is 5.84 Å². The molecule has 0 aromatic heterocycles. The molecule has 1 heterocycles. The van der Waals surface area contributed by atoms with Crippen LogP contribution >= 0.6 is 0 Å². The molecular weight excluding hydrogens is 252 g/mol. The van der Waals surface area contributed by atoms with Crippen LogP contribution in [0.25, 0.3) is 0 Å². The molecule has 20 heavy (non-hydrogen) atoms. The van der Waals surface area contributed by atoms with Crippen molar-refractivity contribution in [3.63, 3.8) is 0 Å². The molecule has 0 amide bonds. The maximum atomic E-state index is 6.08. The third kappa shape index (κ3) is 2.34. The van der Waals surface area contributed by atoms with Crippen molar-refractivity contribution in [3.8, 4) is 0 Å². The first-order valence-electron chi connectivity index (χ1n) is 7.13. The first-order valence-corrected chi connectivity index (χ1v) is 7.13. The summed E-state index contributed by atoms with van der Waals surface area (Å²) >= 11 is 0. The highest BCUT2D eigenvalue weighted by Crippen LogP contribution is 2.42. The van der Waals surface area contributed by atoms with Crippen LogP contribution in [-0.4, -0.2) is 19.0 Å². The van der Waals surface area contributed by atoms with Crippen LogP contribution in [0.5, 0.6) is 0 Å². The zero-order chi connectivity index (χ0) is 15.0. The summed E-state index contributed by atoms with van der Waals surface area (Å²) < 4.78 is 11.7. The highest BCUT2D eigenvalue weighted by atomic mass is 16.7. The van der Waals surface area contributed by atoms with E-state index in [1.807, 2.05) is 26.0 Å². The van der Waals surface area contributed by atoms with E-state index in [0.29, 0.717) is 19.0 Å². The van der Waals surface area contributed by atoms with Crippen molar-refractivity contribution in [1.82, 2.24) is 0 Å². The molecule has 4 heteroatoms. The Balaban J connectivity index is 2.69. The number of benzene rings is 1. The lowest BCUT2D eigenvalue weighted by Gasteiger charge is -2.32. The molecule has 1 aromatic carbocycles. The minimum absolute atomic E-state index is 0.0368. The Morgan fingerprint density at radius 3 is 2.25 bits per heavy atom. The Morgan fingerprint density at radius 2 is 1.75 bits per heavy atom. The molecule has 2 rings (SSSR count). The van der Waals surface area contributed by atoms with Crippen LogP contribution < -0.4 is 5.73 Å². The van der Waals surface area contributed by atoms with Gasteiger partial charge in [0.25, 0.3) is 0 Å². The predicted molar refractivity (Wildman–Crippen MR) is 80.8 cm³/mol. The summed E-state index contributed by atoms with van der Waals surface area (Å²) in [5, 5.41) is 0. The topological polar surface area (TPSA) is 56.8 Å². The van der Waals surface area contributed by atoms with Gasteiger partial charge in [-0.25, -0.2) is 4.99 Å². The Kier molecular flexibility index (Phi) is 3.89. The number of hydrogen-bond acceptors (Lipinski definition) is 4. The van der Waals surface area contributed by atoms with E-state index >= 15 is 0 Å². The van der Waals surface area contributed by atoms with Crippen molar-refractivity contribution < 1.29 is 9.47 Å². The number of nitrogens with zero attached hydrogens (tertiary/aromatic N) is 1. The molecule has 4 nitrogen and oxygen atoms in total. The highest BCUT2D eigenvalue weighted by Gasteiger charge is 2.45. The van der Waals surface area contributed by atoms with Crippen molar-refractivity contribution in [2.75, 3.05) is 13.2 Å². The summed E-state index contributed by atoms with van der Waals surface area (Å²) in [6, 6.07) is 6.08. The van der Waals surface area contributed by atoms with E-state index in [9.17, 15) is 0 Å². The standard InChI is InChI=1S/C16H24N2O2/c1-6-19-16(20-7-2)13-11(14(17)18-16)9-8-10-12(13)15(3,4)5/h8-10H,6-7H2,1-5H3,(H2,17,18). The Labute approximate surface area is 121 Å². The second-order valence-electron chi connectivity index (χ2n) is 5.92. The molecule has 2 N–H and O–H groups in total. The molecule has 0 spiro atoms. The monoisotopic (exact) mass is 276 g/mol. The number of aliphatic imine (C=N–C) groups is 1. The van der Waals surface area contributed by atoms with Crippen LogP contribution in [-0.2, 0) is 20.8 Å². The van der Waals surface area contributed by atoms with Crippen LogP contribution in [0.3, 0.4) is 0 Å². The fourth-order valence-corrected chi connectivity index (χ4v) is 2.65. The lowest BCUT2D eigenvalue weighted by atomic mass is 9.81. The van der Waals surface area contributed by atoms with Crippen molar-refractivity contribution in [3.05, 3.63) is 34.9 Å². The fraction of sp³-hybridized carbons (Fsp3) is 0.562. The number of amidine groups is 1. The Bertz CT molecular complexity index is 524. The summed E-state index contributed by atoms with van der Waals surface area (Å²) in [4.78, 5) is 4.49. The van der Waals surface area contributed by atoms with Crippen LogP contribution in [0.4, 0.5) is 0 Å². The molecule has 0 aliphatic carbocycles. The molecular formula is C16H24N2O2. The van der Waals surface area contributed by atoms with Gasteiger partial charge in [0, 0.05) is 18.8 Å². The van der Waals surface area contributed by atoms with E-state index in [0.717, 1.165) is 16.7 Å². The molecule has 110 valence electrons. The largest absolute Gasteiger partial charge is 0.383 e. The van der Waals surface area contributed by atoms with Gasteiger partial charge in [0.15, 0.2) is 0 Å². The average Bonchev–Trinajstić information content (AvgIpc) is 2.63. The highest BCUT2D eigenvalue weighted by molar-refractivity contribution is 6.02. The van der Waals surface area contributed by atoms with Gasteiger partial charge in [-0.15, -0.1) is 0 Å². The molecule has 0 fully saturated rings. The quantitative estimate of drug-likeness (QED) is 0.860. The van der Waals surface area contributed by atoms with Gasteiger partial charge < -0.3 is 15.2 Å². The van der Waals surface area contributed by atoms with Gasteiger partial charge >= 0.3 is 5.91 Å². The van der Waals surface area contributed by atoms with Crippen molar-refractivity contribution in [2.45, 2.75) is 45.9 Å². The van der Waals surface area contributed by atoms with Crippen molar-refractivity contribution in [2.24, 2.45) is 10.7 Å². The number of hydrogen-bond donors (Lipinski definition) is 1. The average molecular weight is 276 g/mol. The molecule has 0 bridgehead atoms. The molecule has 1 aromatic rings. The van der Waals surface area contributed by atoms with Gasteiger partial charge in [-0.05, 0) is 24.8 Å². The Hall–Kier alpha value is -1.39. The zero-order valence-electron chi connectivity index (χ0n) is 13.0. The van der Waals surface area contributed by atoms with E-state index in [1.165, 1.54) is 0 Å². The summed E-state index contributed by atoms with van der Waals surface area (Å²) in [5.41, 5.74) is 9.07. The van der Waals surface area contributed by atoms with Crippen LogP contribution in [0.2, 0.25) is 0 Å². The van der Waals surface area contributed by atoms with Gasteiger partial charge in [-0.2, -0.15) is 0 Å². The predicted octanol–water partition coefficient (Wildman–Crippen LogP) is 2.89. The molecule has 0 atom stereocenters. The lowest BCUT2D eigenvalue weighted by Crippen LogP contribution is -2.33. The van der Waals surface area contributed by atoms with E-state index in [4.69, 9.17) is 15.2 Å². The Morgan fingerprint density at radius 1 is 1.15 bits per heavy atom. The van der Waals surface area contributed by atoms with Gasteiger partial charge in [-0.3, -0.25) is 0 Å². The minimum Gasteiger partial charge on any atom is -0.383 e. The van der Waals surface area contributed by atoms with Gasteiger partial charge in [0.2, 0.25) is 0 Å². The number of rotatable bonds is 4. The smallest absolute Gasteiger partial charge is 0.300 e. The molecule has 1 aliphatic rings. The maximum absolute atomic E-state index is 6.08. The first kappa shape index (κ1) is 15.0. The third-order valence-electron chi connectivity index (χ3n) is 3.41. The second kappa shape index (κ2) is 5.19. The summed E-state index contributed by atoms with van der Waals surface area (Å²) in [7, 11) is 0. The van der Waals surface area contributed by atoms with Crippen LogP contribution in [0.1, 0.15) is 51.3 Å². The number of fused-ring (bicyclic) bond motifs is 1. The third-order valence-corrected chi connectivity index (χ3v) is 3.41. The first-order chi connectivity index (χ1) is 9.35.